The summed E-state index contributed by atoms with van der Waals surface area (Å²) in [7, 11) is 0. The minimum Gasteiger partial charge on any atom is -0.309 e. The molecule has 5 nitrogen and oxygen atoms in total. The maximum atomic E-state index is 2.53. The van der Waals surface area contributed by atoms with Crippen molar-refractivity contribution in [2.45, 2.75) is 0 Å². The van der Waals surface area contributed by atoms with Gasteiger partial charge < -0.3 is 4.57 Å². The Morgan fingerprint density at radius 1 is 0.206 bits per heavy atom. The molecule has 0 radical (unpaired) electrons. The molecule has 63 heavy (non-hydrogen) atoms. The van der Waals surface area contributed by atoms with Crippen molar-refractivity contribution in [1.29, 1.82) is 0 Å². The van der Waals surface area contributed by atoms with E-state index in [2.05, 4.69) is 247 Å². The summed E-state index contributed by atoms with van der Waals surface area (Å²) in [5.74, 6) is 0. The van der Waals surface area contributed by atoms with Gasteiger partial charge in [0.2, 0.25) is 0 Å². The van der Waals surface area contributed by atoms with E-state index in [-0.39, 0.29) is 0 Å². The molecule has 0 bridgehead atoms. The fourth-order valence-corrected chi connectivity index (χ4v) is 10.8. The van der Waals surface area contributed by atoms with Crippen LogP contribution in [0.2, 0.25) is 0 Å². The van der Waals surface area contributed by atoms with E-state index in [9.17, 15) is 0 Å². The molecule has 5 heterocycles. The first-order valence-corrected chi connectivity index (χ1v) is 21.6. The second-order valence-electron chi connectivity index (χ2n) is 16.5. The van der Waals surface area contributed by atoms with E-state index >= 15 is 0 Å². The molecule has 294 valence electrons. The van der Waals surface area contributed by atoms with Crippen LogP contribution in [0.5, 0.6) is 0 Å². The Kier molecular flexibility index (Phi) is 7.05. The third kappa shape index (κ3) is 4.65. The minimum atomic E-state index is 1.11. The van der Waals surface area contributed by atoms with E-state index in [0.717, 1.165) is 45.2 Å². The van der Waals surface area contributed by atoms with Crippen molar-refractivity contribution in [3.05, 3.63) is 224 Å². The number of hydrogen-bond donors (Lipinski definition) is 0. The Morgan fingerprint density at radius 3 is 1.11 bits per heavy atom. The van der Waals surface area contributed by atoms with Gasteiger partial charge >= 0.3 is 0 Å². The number of benzene rings is 9. The van der Waals surface area contributed by atoms with Crippen LogP contribution < -0.4 is 0 Å². The molecule has 5 heteroatoms. The zero-order valence-corrected chi connectivity index (χ0v) is 34.1. The van der Waals surface area contributed by atoms with Gasteiger partial charge in [0.25, 0.3) is 0 Å². The molecule has 0 fully saturated rings. The normalized spacial score (nSPS) is 12.1. The molecule has 0 saturated heterocycles. The molecule has 14 aromatic rings. The number of para-hydroxylation sites is 7. The number of rotatable bonds is 5. The zero-order chi connectivity index (χ0) is 41.2. The maximum Gasteiger partial charge on any atom is 0.131 e. The van der Waals surface area contributed by atoms with E-state index in [1.807, 2.05) is 0 Å². The Bertz CT molecular complexity index is 4120. The van der Waals surface area contributed by atoms with Crippen molar-refractivity contribution < 1.29 is 0 Å². The second kappa shape index (κ2) is 13.0. The predicted octanol–water partition coefficient (Wildman–Crippen LogP) is 14.9. The first-order chi connectivity index (χ1) is 31.3. The van der Waals surface area contributed by atoms with Crippen LogP contribution in [0.1, 0.15) is 0 Å². The molecule has 5 aromatic heterocycles. The summed E-state index contributed by atoms with van der Waals surface area (Å²) < 4.78 is 12.3. The average molecular weight is 804 g/mol. The Labute approximate surface area is 361 Å². The highest BCUT2D eigenvalue weighted by molar-refractivity contribution is 6.25. The standard InChI is InChI=1S/C58H37N5/c1-4-19-38(20-5-1)59-47-29-14-13-28-45(47)56-52(59)33-18-34-53(56)63-50-32-17-12-27-44(50)54-42-25-10-16-31-49(42)62(58(54)63)41-35-36-51-46(37-41)55-43-26-11-15-30-48(43)60(39-21-6-2-7-22-39)57(55)61(51)40-23-8-3-9-24-40/h1-37H. The summed E-state index contributed by atoms with van der Waals surface area (Å²) >= 11 is 0. The van der Waals surface area contributed by atoms with E-state index in [1.165, 1.54) is 70.7 Å². The lowest BCUT2D eigenvalue weighted by Crippen LogP contribution is -2.03. The van der Waals surface area contributed by atoms with Crippen LogP contribution in [-0.2, 0) is 0 Å². The van der Waals surface area contributed by atoms with Crippen molar-refractivity contribution in [3.8, 4) is 28.4 Å². The van der Waals surface area contributed by atoms with Gasteiger partial charge in [0.1, 0.15) is 11.3 Å². The summed E-state index contributed by atoms with van der Waals surface area (Å²) in [6, 6.07) is 81.8. The quantitative estimate of drug-likeness (QED) is 0.166. The first-order valence-electron chi connectivity index (χ1n) is 21.6. The van der Waals surface area contributed by atoms with E-state index in [4.69, 9.17) is 0 Å². The number of nitrogens with zero attached hydrogens (tertiary/aromatic N) is 5. The minimum absolute atomic E-state index is 1.11. The average Bonchev–Trinajstić information content (AvgIpc) is 4.14. The Balaban J connectivity index is 1.14. The van der Waals surface area contributed by atoms with Crippen LogP contribution in [0.4, 0.5) is 0 Å². The number of fused-ring (bicyclic) bond motifs is 13. The molecule has 0 aliphatic carbocycles. The van der Waals surface area contributed by atoms with Crippen molar-refractivity contribution in [1.82, 2.24) is 22.8 Å². The van der Waals surface area contributed by atoms with Crippen LogP contribution in [0.3, 0.4) is 0 Å². The van der Waals surface area contributed by atoms with Gasteiger partial charge in [-0.3, -0.25) is 18.3 Å². The lowest BCUT2D eigenvalue weighted by Gasteiger charge is -2.15. The molecule has 0 spiro atoms. The van der Waals surface area contributed by atoms with Crippen molar-refractivity contribution in [2.24, 2.45) is 0 Å². The van der Waals surface area contributed by atoms with Crippen molar-refractivity contribution in [3.63, 3.8) is 0 Å². The monoisotopic (exact) mass is 803 g/mol. The summed E-state index contributed by atoms with van der Waals surface area (Å²) in [6.45, 7) is 0. The van der Waals surface area contributed by atoms with Gasteiger partial charge in [-0.05, 0) is 91.0 Å². The lowest BCUT2D eigenvalue weighted by molar-refractivity contribution is 1.06. The van der Waals surface area contributed by atoms with Crippen LogP contribution >= 0.6 is 0 Å². The molecule has 0 saturated carbocycles. The highest BCUT2D eigenvalue weighted by Gasteiger charge is 2.27. The Morgan fingerprint density at radius 2 is 0.571 bits per heavy atom. The molecular formula is C58H37N5. The molecule has 0 aliphatic rings. The summed E-state index contributed by atoms with van der Waals surface area (Å²) in [5.41, 5.74) is 15.0. The van der Waals surface area contributed by atoms with E-state index in [1.54, 1.807) is 0 Å². The van der Waals surface area contributed by atoms with Gasteiger partial charge in [-0.25, -0.2) is 0 Å². The SMILES string of the molecule is c1ccc(-n2c3ccccc3c3c(-n4c5ccccc5c5c6ccccc6n(-c6ccc7c(c6)c6c8ccccc8n(-c8ccccc8)c6n7-c6ccccc6)c54)cccc32)cc1. The highest BCUT2D eigenvalue weighted by atomic mass is 15.2. The molecule has 14 rings (SSSR count). The third-order valence-corrected chi connectivity index (χ3v) is 13.2. The van der Waals surface area contributed by atoms with Gasteiger partial charge in [-0.15, -0.1) is 0 Å². The van der Waals surface area contributed by atoms with Gasteiger partial charge in [0.05, 0.1) is 38.8 Å². The molecule has 0 amide bonds. The third-order valence-electron chi connectivity index (χ3n) is 13.2. The molecule has 0 N–H and O–H groups in total. The fourth-order valence-electron chi connectivity index (χ4n) is 10.8. The molecule has 0 unspecified atom stereocenters. The molecule has 0 atom stereocenters. The van der Waals surface area contributed by atoms with Crippen molar-refractivity contribution in [2.75, 3.05) is 0 Å². The largest absolute Gasteiger partial charge is 0.309 e. The van der Waals surface area contributed by atoms with Gasteiger partial charge in [-0.1, -0.05) is 133 Å². The summed E-state index contributed by atoms with van der Waals surface area (Å²) in [4.78, 5) is 0. The van der Waals surface area contributed by atoms with Gasteiger partial charge in [-0.2, -0.15) is 0 Å². The van der Waals surface area contributed by atoms with Crippen molar-refractivity contribution >= 4 is 87.5 Å². The first kappa shape index (κ1) is 34.2. The van der Waals surface area contributed by atoms with Crippen LogP contribution in [0, 0.1) is 0 Å². The van der Waals surface area contributed by atoms with Crippen LogP contribution in [-0.4, -0.2) is 22.8 Å². The van der Waals surface area contributed by atoms with E-state index < -0.39 is 0 Å². The maximum absolute atomic E-state index is 2.53. The number of hydrogen-bond acceptors (Lipinski definition) is 0. The topological polar surface area (TPSA) is 24.6 Å². The molecular weight excluding hydrogens is 767 g/mol. The van der Waals surface area contributed by atoms with E-state index in [0.29, 0.717) is 0 Å². The zero-order valence-electron chi connectivity index (χ0n) is 34.1. The summed E-state index contributed by atoms with van der Waals surface area (Å²) in [5, 5.41) is 9.83. The highest BCUT2D eigenvalue weighted by Crippen LogP contribution is 2.46. The molecule has 9 aromatic carbocycles. The van der Waals surface area contributed by atoms with Gasteiger partial charge in [0, 0.05) is 65.8 Å². The Hall–Kier alpha value is -8.54. The van der Waals surface area contributed by atoms with Crippen LogP contribution in [0.25, 0.3) is 116 Å². The summed E-state index contributed by atoms with van der Waals surface area (Å²) in [6.07, 6.45) is 0. The van der Waals surface area contributed by atoms with Crippen LogP contribution in [0.15, 0.2) is 224 Å². The second-order valence-corrected chi connectivity index (χ2v) is 16.5. The molecule has 0 aliphatic heterocycles. The predicted molar refractivity (Wildman–Crippen MR) is 263 cm³/mol. The van der Waals surface area contributed by atoms with Gasteiger partial charge in [0.15, 0.2) is 0 Å². The number of aromatic nitrogens is 5. The lowest BCUT2D eigenvalue weighted by atomic mass is 10.1. The smallest absolute Gasteiger partial charge is 0.131 e. The fraction of sp³-hybridized carbons (Fsp3) is 0.